The average molecular weight is 357 g/mol. The molecule has 1 heterocycles. The molecule has 0 fully saturated rings. The topological polar surface area (TPSA) is 94.9 Å². The normalized spacial score (nSPS) is 12.3. The highest BCUT2D eigenvalue weighted by Gasteiger charge is 2.18. The maximum absolute atomic E-state index is 12.5. The molecule has 0 saturated heterocycles. The van der Waals surface area contributed by atoms with E-state index in [1.807, 2.05) is 32.9 Å². The van der Waals surface area contributed by atoms with Gasteiger partial charge in [0, 0.05) is 5.39 Å². The van der Waals surface area contributed by atoms with Gasteiger partial charge < -0.3 is 10.1 Å². The summed E-state index contributed by atoms with van der Waals surface area (Å²) in [5, 5.41) is 14.6. The number of hydrogen-bond acceptors (Lipinski definition) is 4. The molecule has 3 aromatic rings. The van der Waals surface area contributed by atoms with E-state index in [4.69, 9.17) is 0 Å². The predicted molar refractivity (Wildman–Crippen MR) is 97.1 cm³/mol. The Morgan fingerprint density at radius 2 is 1.68 bits per heavy atom. The summed E-state index contributed by atoms with van der Waals surface area (Å²) in [6.45, 7) is 7.39. The lowest BCUT2D eigenvalue weighted by molar-refractivity contribution is 0.459. The lowest BCUT2D eigenvalue weighted by Gasteiger charge is -2.03. The zero-order valence-corrected chi connectivity index (χ0v) is 15.3. The molecule has 0 aliphatic rings. The lowest BCUT2D eigenvalue weighted by Crippen LogP contribution is -1.99. The molecular weight excluding hydrogens is 338 g/mol. The molecular formula is C18H19N3O3S. The number of aromatic nitrogens is 1. The van der Waals surface area contributed by atoms with Gasteiger partial charge in [-0.15, -0.1) is 5.11 Å². The fourth-order valence-corrected chi connectivity index (χ4v) is 3.79. The number of fused-ring (bicyclic) bond motifs is 1. The number of nitrogens with zero attached hydrogens (tertiary/aromatic N) is 2. The summed E-state index contributed by atoms with van der Waals surface area (Å²) in [7, 11) is -3.96. The summed E-state index contributed by atoms with van der Waals surface area (Å²) >= 11 is 0. The van der Waals surface area contributed by atoms with Crippen molar-refractivity contribution in [3.05, 3.63) is 52.6 Å². The highest BCUT2D eigenvalue weighted by Crippen LogP contribution is 2.38. The molecule has 7 heteroatoms. The third-order valence-electron chi connectivity index (χ3n) is 4.33. The number of H-pyrrole nitrogens is 1. The van der Waals surface area contributed by atoms with Crippen molar-refractivity contribution in [2.24, 2.45) is 9.63 Å². The van der Waals surface area contributed by atoms with Crippen LogP contribution in [-0.4, -0.2) is 18.5 Å². The average Bonchev–Trinajstić information content (AvgIpc) is 2.88. The second-order valence-corrected chi connectivity index (χ2v) is 7.73. The van der Waals surface area contributed by atoms with Crippen molar-refractivity contribution in [2.75, 3.05) is 0 Å². The molecule has 0 aliphatic carbocycles. The van der Waals surface area contributed by atoms with E-state index < -0.39 is 10.0 Å². The van der Waals surface area contributed by atoms with Crippen molar-refractivity contribution in [1.82, 2.24) is 4.98 Å². The minimum Gasteiger partial charge on any atom is -0.493 e. The Morgan fingerprint density at radius 3 is 2.40 bits per heavy atom. The molecule has 0 amide bonds. The molecule has 2 N–H and O–H groups in total. The van der Waals surface area contributed by atoms with E-state index in [2.05, 4.69) is 14.6 Å². The first-order valence-corrected chi connectivity index (χ1v) is 9.21. The van der Waals surface area contributed by atoms with Gasteiger partial charge in [0.2, 0.25) is 5.88 Å². The van der Waals surface area contributed by atoms with Gasteiger partial charge in [-0.3, -0.25) is 0 Å². The van der Waals surface area contributed by atoms with Crippen LogP contribution in [0.4, 0.5) is 5.69 Å². The van der Waals surface area contributed by atoms with Crippen molar-refractivity contribution >= 4 is 26.6 Å². The third kappa shape index (κ3) is 3.02. The number of aryl methyl sites for hydroxylation is 4. The SMILES string of the molecule is Cc1ccc(C)c(S(=O)(=O)N=Nc2c(O)[nH]c3c(C)c(C)ccc23)c1. The maximum Gasteiger partial charge on any atom is 0.300 e. The van der Waals surface area contributed by atoms with E-state index in [1.165, 1.54) is 0 Å². The highest BCUT2D eigenvalue weighted by molar-refractivity contribution is 7.90. The number of benzene rings is 2. The van der Waals surface area contributed by atoms with Crippen LogP contribution in [0.5, 0.6) is 5.88 Å². The van der Waals surface area contributed by atoms with Crippen LogP contribution < -0.4 is 0 Å². The third-order valence-corrected chi connectivity index (χ3v) is 5.62. The van der Waals surface area contributed by atoms with Crippen molar-refractivity contribution in [3.8, 4) is 5.88 Å². The van der Waals surface area contributed by atoms with E-state index in [0.717, 1.165) is 22.2 Å². The van der Waals surface area contributed by atoms with Crippen molar-refractivity contribution in [1.29, 1.82) is 0 Å². The molecule has 6 nitrogen and oxygen atoms in total. The maximum atomic E-state index is 12.5. The summed E-state index contributed by atoms with van der Waals surface area (Å²) in [5.74, 6) is -0.205. The number of aromatic amines is 1. The van der Waals surface area contributed by atoms with E-state index in [0.29, 0.717) is 10.9 Å². The second kappa shape index (κ2) is 6.00. The summed E-state index contributed by atoms with van der Waals surface area (Å²) in [6.07, 6.45) is 0. The molecule has 1 aromatic heterocycles. The molecule has 0 aliphatic heterocycles. The van der Waals surface area contributed by atoms with Crippen LogP contribution in [0.15, 0.2) is 44.9 Å². The first-order chi connectivity index (χ1) is 11.7. The number of rotatable bonds is 3. The number of sulfonamides is 1. The van der Waals surface area contributed by atoms with Gasteiger partial charge >= 0.3 is 0 Å². The largest absolute Gasteiger partial charge is 0.493 e. The number of hydrogen-bond donors (Lipinski definition) is 2. The molecule has 25 heavy (non-hydrogen) atoms. The predicted octanol–water partition coefficient (Wildman–Crippen LogP) is 4.58. The molecule has 0 saturated carbocycles. The Kier molecular flexibility index (Phi) is 4.12. The fourth-order valence-electron chi connectivity index (χ4n) is 2.70. The Hall–Kier alpha value is -2.67. The Morgan fingerprint density at radius 1 is 1.00 bits per heavy atom. The number of nitrogens with one attached hydrogen (secondary N) is 1. The van der Waals surface area contributed by atoms with Crippen LogP contribution >= 0.6 is 0 Å². The van der Waals surface area contributed by atoms with Gasteiger partial charge in [0.15, 0.2) is 5.69 Å². The summed E-state index contributed by atoms with van der Waals surface area (Å²) in [6, 6.07) is 8.80. The standard InChI is InChI=1S/C18H19N3O3S/c1-10-5-6-12(3)15(9-10)25(23,24)21-20-17-14-8-7-11(2)13(4)16(14)19-18(17)22/h5-9,19,22H,1-4H3. The molecule has 2 aromatic carbocycles. The Bertz CT molecular complexity index is 1110. The molecule has 0 bridgehead atoms. The first-order valence-electron chi connectivity index (χ1n) is 7.77. The van der Waals surface area contributed by atoms with Crippen LogP contribution in [0.2, 0.25) is 0 Å². The van der Waals surface area contributed by atoms with Gasteiger partial charge in [-0.05, 0) is 56.0 Å². The molecule has 130 valence electrons. The van der Waals surface area contributed by atoms with Gasteiger partial charge in [0.1, 0.15) is 0 Å². The van der Waals surface area contributed by atoms with E-state index in [-0.39, 0.29) is 16.5 Å². The van der Waals surface area contributed by atoms with E-state index in [9.17, 15) is 13.5 Å². The summed E-state index contributed by atoms with van der Waals surface area (Å²) < 4.78 is 28.6. The highest BCUT2D eigenvalue weighted by atomic mass is 32.2. The Balaban J connectivity index is 2.11. The smallest absolute Gasteiger partial charge is 0.300 e. The van der Waals surface area contributed by atoms with E-state index >= 15 is 0 Å². The van der Waals surface area contributed by atoms with Gasteiger partial charge in [-0.2, -0.15) is 8.42 Å². The van der Waals surface area contributed by atoms with Crippen molar-refractivity contribution < 1.29 is 13.5 Å². The van der Waals surface area contributed by atoms with E-state index in [1.54, 1.807) is 25.1 Å². The van der Waals surface area contributed by atoms with Gasteiger partial charge in [0.05, 0.1) is 10.4 Å². The monoisotopic (exact) mass is 357 g/mol. The zero-order chi connectivity index (χ0) is 18.4. The quantitative estimate of drug-likeness (QED) is 0.672. The van der Waals surface area contributed by atoms with Gasteiger partial charge in [-0.1, -0.05) is 28.8 Å². The summed E-state index contributed by atoms with van der Waals surface area (Å²) in [5.41, 5.74) is 4.27. The molecule has 0 radical (unpaired) electrons. The minimum absolute atomic E-state index is 0.114. The summed E-state index contributed by atoms with van der Waals surface area (Å²) in [4.78, 5) is 2.95. The van der Waals surface area contributed by atoms with Crippen LogP contribution in [0.1, 0.15) is 22.3 Å². The fraction of sp³-hybridized carbons (Fsp3) is 0.222. The van der Waals surface area contributed by atoms with Crippen LogP contribution in [0.3, 0.4) is 0 Å². The Labute approximate surface area is 146 Å². The van der Waals surface area contributed by atoms with Gasteiger partial charge in [-0.25, -0.2) is 0 Å². The molecule has 3 rings (SSSR count). The first kappa shape index (κ1) is 17.2. The van der Waals surface area contributed by atoms with Crippen molar-refractivity contribution in [2.45, 2.75) is 32.6 Å². The van der Waals surface area contributed by atoms with Crippen LogP contribution in [-0.2, 0) is 10.0 Å². The molecule has 0 spiro atoms. The second-order valence-electron chi connectivity index (χ2n) is 6.18. The number of aromatic hydroxyl groups is 1. The lowest BCUT2D eigenvalue weighted by atomic mass is 10.1. The van der Waals surface area contributed by atoms with Crippen LogP contribution in [0, 0.1) is 27.7 Å². The molecule has 0 atom stereocenters. The minimum atomic E-state index is -3.96. The zero-order valence-electron chi connectivity index (χ0n) is 14.5. The van der Waals surface area contributed by atoms with Gasteiger partial charge in [0.25, 0.3) is 10.0 Å². The van der Waals surface area contributed by atoms with Crippen molar-refractivity contribution in [3.63, 3.8) is 0 Å². The molecule has 0 unspecified atom stereocenters. The van der Waals surface area contributed by atoms with Crippen LogP contribution in [0.25, 0.3) is 10.9 Å².